The number of furan rings is 1. The number of carbonyl (C=O) groups is 3. The van der Waals surface area contributed by atoms with Gasteiger partial charge in [0.2, 0.25) is 0 Å². The molecule has 28 heavy (non-hydrogen) atoms. The fourth-order valence-electron chi connectivity index (χ4n) is 2.97. The molecule has 1 N–H and O–H groups in total. The van der Waals surface area contributed by atoms with Gasteiger partial charge in [0.15, 0.2) is 5.76 Å². The van der Waals surface area contributed by atoms with Crippen molar-refractivity contribution in [1.29, 1.82) is 0 Å². The average Bonchev–Trinajstić information content (AvgIpc) is 3.24. The number of hydrogen-bond donors (Lipinski definition) is 1. The van der Waals surface area contributed by atoms with Crippen LogP contribution in [-0.4, -0.2) is 60.5 Å². The lowest BCUT2D eigenvalue weighted by Gasteiger charge is -2.34. The highest BCUT2D eigenvalue weighted by molar-refractivity contribution is 6.04. The maximum Gasteiger partial charge on any atom is 0.409 e. The third-order valence-corrected chi connectivity index (χ3v) is 4.57. The Morgan fingerprint density at radius 2 is 1.82 bits per heavy atom. The van der Waals surface area contributed by atoms with Crippen molar-refractivity contribution in [2.24, 2.45) is 0 Å². The van der Waals surface area contributed by atoms with E-state index in [2.05, 4.69) is 5.32 Å². The Hall–Kier alpha value is -3.29. The van der Waals surface area contributed by atoms with Crippen molar-refractivity contribution in [3.8, 4) is 0 Å². The van der Waals surface area contributed by atoms with Crippen molar-refractivity contribution in [3.63, 3.8) is 0 Å². The zero-order valence-electron chi connectivity index (χ0n) is 15.9. The minimum atomic E-state index is -0.374. The summed E-state index contributed by atoms with van der Waals surface area (Å²) in [7, 11) is 0. The van der Waals surface area contributed by atoms with E-state index in [9.17, 15) is 14.4 Å². The lowest BCUT2D eigenvalue weighted by Crippen LogP contribution is -2.50. The second-order valence-electron chi connectivity index (χ2n) is 6.44. The van der Waals surface area contributed by atoms with Crippen LogP contribution >= 0.6 is 0 Å². The molecule has 1 aromatic heterocycles. The SMILES string of the molecule is CCOC(=O)N1CCN(C(=O)c2ccc(C)c(NC(=O)c3ccco3)c2)CC1. The largest absolute Gasteiger partial charge is 0.459 e. The van der Waals surface area contributed by atoms with Gasteiger partial charge in [-0.15, -0.1) is 0 Å². The number of piperazine rings is 1. The van der Waals surface area contributed by atoms with Gasteiger partial charge in [0, 0.05) is 37.4 Å². The number of rotatable bonds is 4. The van der Waals surface area contributed by atoms with Gasteiger partial charge >= 0.3 is 6.09 Å². The highest BCUT2D eigenvalue weighted by Crippen LogP contribution is 2.20. The number of aryl methyl sites for hydroxylation is 1. The van der Waals surface area contributed by atoms with E-state index in [-0.39, 0.29) is 23.7 Å². The maximum atomic E-state index is 12.8. The molecule has 0 unspecified atom stereocenters. The van der Waals surface area contributed by atoms with E-state index in [0.29, 0.717) is 44.0 Å². The number of carbonyl (C=O) groups excluding carboxylic acids is 3. The summed E-state index contributed by atoms with van der Waals surface area (Å²) in [5.74, 6) is -0.316. The lowest BCUT2D eigenvalue weighted by atomic mass is 10.1. The zero-order valence-corrected chi connectivity index (χ0v) is 15.9. The first-order chi connectivity index (χ1) is 13.5. The van der Waals surface area contributed by atoms with Gasteiger partial charge in [0.25, 0.3) is 11.8 Å². The Balaban J connectivity index is 1.66. The fraction of sp³-hybridized carbons (Fsp3) is 0.350. The van der Waals surface area contributed by atoms with Crippen molar-refractivity contribution in [3.05, 3.63) is 53.5 Å². The lowest BCUT2D eigenvalue weighted by molar-refractivity contribution is 0.0570. The molecule has 1 aromatic carbocycles. The van der Waals surface area contributed by atoms with Crippen LogP contribution in [0.3, 0.4) is 0 Å². The molecule has 1 fully saturated rings. The van der Waals surface area contributed by atoms with E-state index >= 15 is 0 Å². The third-order valence-electron chi connectivity index (χ3n) is 4.57. The summed E-state index contributed by atoms with van der Waals surface area (Å²) in [6, 6.07) is 8.40. The molecule has 0 atom stereocenters. The first kappa shape index (κ1) is 19.5. The molecular formula is C20H23N3O5. The predicted molar refractivity (Wildman–Crippen MR) is 102 cm³/mol. The number of anilines is 1. The number of amides is 3. The molecule has 2 aromatic rings. The van der Waals surface area contributed by atoms with E-state index in [0.717, 1.165) is 5.56 Å². The van der Waals surface area contributed by atoms with Crippen LogP contribution in [0.1, 0.15) is 33.4 Å². The zero-order chi connectivity index (χ0) is 20.1. The Kier molecular flexibility index (Phi) is 5.98. The molecule has 0 spiro atoms. The Bertz CT molecular complexity index is 855. The smallest absolute Gasteiger partial charge is 0.409 e. The van der Waals surface area contributed by atoms with Gasteiger partial charge in [-0.1, -0.05) is 6.07 Å². The monoisotopic (exact) mass is 385 g/mol. The first-order valence-electron chi connectivity index (χ1n) is 9.16. The molecule has 8 nitrogen and oxygen atoms in total. The molecule has 3 amide bonds. The fourth-order valence-corrected chi connectivity index (χ4v) is 2.97. The molecule has 8 heteroatoms. The average molecular weight is 385 g/mol. The van der Waals surface area contributed by atoms with E-state index in [4.69, 9.17) is 9.15 Å². The molecule has 1 aliphatic rings. The quantitative estimate of drug-likeness (QED) is 0.874. The van der Waals surface area contributed by atoms with Crippen LogP contribution in [0.5, 0.6) is 0 Å². The predicted octanol–water partition coefficient (Wildman–Crippen LogP) is 2.75. The third kappa shape index (κ3) is 4.33. The molecule has 0 aliphatic carbocycles. The van der Waals surface area contributed by atoms with E-state index < -0.39 is 0 Å². The van der Waals surface area contributed by atoms with Gasteiger partial charge in [0.1, 0.15) is 0 Å². The molecule has 1 aliphatic heterocycles. The molecule has 3 rings (SSSR count). The van der Waals surface area contributed by atoms with Crippen LogP contribution in [0.25, 0.3) is 0 Å². The molecule has 2 heterocycles. The minimum absolute atomic E-state index is 0.142. The number of nitrogens with one attached hydrogen (secondary N) is 1. The molecular weight excluding hydrogens is 362 g/mol. The molecule has 1 saturated heterocycles. The number of ether oxygens (including phenoxy) is 1. The van der Waals surface area contributed by atoms with Crippen LogP contribution in [0.4, 0.5) is 10.5 Å². The highest BCUT2D eigenvalue weighted by atomic mass is 16.6. The van der Waals surface area contributed by atoms with Crippen molar-refractivity contribution in [2.45, 2.75) is 13.8 Å². The second kappa shape index (κ2) is 8.60. The van der Waals surface area contributed by atoms with E-state index in [1.807, 2.05) is 6.92 Å². The van der Waals surface area contributed by atoms with Crippen LogP contribution in [0.2, 0.25) is 0 Å². The molecule has 0 bridgehead atoms. The Morgan fingerprint density at radius 3 is 2.46 bits per heavy atom. The van der Waals surface area contributed by atoms with Gasteiger partial charge in [-0.25, -0.2) is 4.79 Å². The van der Waals surface area contributed by atoms with Gasteiger partial charge in [-0.2, -0.15) is 0 Å². The number of hydrogen-bond acceptors (Lipinski definition) is 5. The summed E-state index contributed by atoms with van der Waals surface area (Å²) in [4.78, 5) is 40.1. The van der Waals surface area contributed by atoms with Crippen LogP contribution in [-0.2, 0) is 4.74 Å². The van der Waals surface area contributed by atoms with E-state index in [1.165, 1.54) is 6.26 Å². The van der Waals surface area contributed by atoms with Crippen molar-refractivity contribution >= 4 is 23.6 Å². The second-order valence-corrected chi connectivity index (χ2v) is 6.44. The maximum absolute atomic E-state index is 12.8. The Labute approximate surface area is 163 Å². The summed E-state index contributed by atoms with van der Waals surface area (Å²) in [5.41, 5.74) is 1.87. The summed E-state index contributed by atoms with van der Waals surface area (Å²) < 4.78 is 10.1. The van der Waals surface area contributed by atoms with E-state index in [1.54, 1.807) is 47.1 Å². The number of benzene rings is 1. The topological polar surface area (TPSA) is 92.1 Å². The number of nitrogens with zero attached hydrogens (tertiary/aromatic N) is 2. The summed E-state index contributed by atoms with van der Waals surface area (Å²) in [5, 5.41) is 2.77. The van der Waals surface area contributed by atoms with Crippen molar-refractivity contribution in [1.82, 2.24) is 9.80 Å². The first-order valence-corrected chi connectivity index (χ1v) is 9.16. The summed E-state index contributed by atoms with van der Waals surface area (Å²) in [6.07, 6.45) is 1.07. The normalized spacial score (nSPS) is 13.9. The minimum Gasteiger partial charge on any atom is -0.459 e. The molecule has 0 radical (unpaired) electrons. The van der Waals surface area contributed by atoms with Gasteiger partial charge < -0.3 is 24.3 Å². The Morgan fingerprint density at radius 1 is 1.11 bits per heavy atom. The highest BCUT2D eigenvalue weighted by Gasteiger charge is 2.26. The van der Waals surface area contributed by atoms with Crippen molar-refractivity contribution < 1.29 is 23.5 Å². The van der Waals surface area contributed by atoms with Crippen LogP contribution in [0.15, 0.2) is 41.0 Å². The summed E-state index contributed by atoms with van der Waals surface area (Å²) >= 11 is 0. The van der Waals surface area contributed by atoms with Crippen LogP contribution in [0, 0.1) is 6.92 Å². The molecule has 0 saturated carbocycles. The summed E-state index contributed by atoms with van der Waals surface area (Å²) in [6.45, 7) is 5.66. The van der Waals surface area contributed by atoms with Gasteiger partial charge in [-0.05, 0) is 43.7 Å². The van der Waals surface area contributed by atoms with Crippen LogP contribution < -0.4 is 5.32 Å². The van der Waals surface area contributed by atoms with Gasteiger partial charge in [0.05, 0.1) is 12.9 Å². The van der Waals surface area contributed by atoms with Gasteiger partial charge in [-0.3, -0.25) is 9.59 Å². The molecule has 148 valence electrons. The standard InChI is InChI=1S/C20H23N3O5/c1-3-27-20(26)23-10-8-22(9-11-23)19(25)15-7-6-14(2)16(13-15)21-18(24)17-5-4-12-28-17/h4-7,12-13H,3,8-11H2,1-2H3,(H,21,24). The van der Waals surface area contributed by atoms with Crippen molar-refractivity contribution in [2.75, 3.05) is 38.1 Å².